The van der Waals surface area contributed by atoms with E-state index in [9.17, 15) is 4.39 Å². The molecule has 0 spiro atoms. The average Bonchev–Trinajstić information content (AvgIpc) is 2.80. The van der Waals surface area contributed by atoms with E-state index in [0.29, 0.717) is 16.0 Å². The van der Waals surface area contributed by atoms with Crippen LogP contribution in [0.15, 0.2) is 40.9 Å². The third kappa shape index (κ3) is 2.58. The lowest BCUT2D eigenvalue weighted by Crippen LogP contribution is -2.02. The maximum atomic E-state index is 13.9. The Hall–Kier alpha value is -1.39. The normalized spacial score (nSPS) is 12.8. The number of hydrogen-bond acceptors (Lipinski definition) is 1. The third-order valence-corrected chi connectivity index (χ3v) is 4.19. The summed E-state index contributed by atoms with van der Waals surface area (Å²) >= 11 is 9.43. The molecule has 3 aromatic rings. The Bertz CT molecular complexity index is 827. The van der Waals surface area contributed by atoms with Gasteiger partial charge in [-0.3, -0.25) is 4.57 Å². The number of imidazole rings is 1. The van der Waals surface area contributed by atoms with Gasteiger partial charge >= 0.3 is 0 Å². The minimum Gasteiger partial charge on any atom is -0.295 e. The molecule has 3 rings (SSSR count). The van der Waals surface area contributed by atoms with Crippen LogP contribution < -0.4 is 0 Å². The first-order valence-corrected chi connectivity index (χ1v) is 7.79. The van der Waals surface area contributed by atoms with Crippen molar-refractivity contribution in [2.45, 2.75) is 19.2 Å². The quantitative estimate of drug-likeness (QED) is 0.544. The van der Waals surface area contributed by atoms with E-state index in [-0.39, 0.29) is 11.2 Å². The van der Waals surface area contributed by atoms with Crippen molar-refractivity contribution in [3.05, 3.63) is 58.1 Å². The number of aryl methyl sites for hydroxylation is 1. The second-order valence-electron chi connectivity index (χ2n) is 5.01. The molecule has 0 radical (unpaired) electrons. The number of fused-ring (bicyclic) bond motifs is 1. The van der Waals surface area contributed by atoms with Crippen LogP contribution in [0, 0.1) is 12.7 Å². The lowest BCUT2D eigenvalue weighted by molar-refractivity contribution is 0.619. The van der Waals surface area contributed by atoms with Crippen molar-refractivity contribution in [3.8, 4) is 5.69 Å². The van der Waals surface area contributed by atoms with Gasteiger partial charge in [-0.25, -0.2) is 9.37 Å². The number of hydrogen-bond donors (Lipinski definition) is 0. The van der Waals surface area contributed by atoms with Gasteiger partial charge in [-0.1, -0.05) is 6.07 Å². The fourth-order valence-electron chi connectivity index (χ4n) is 2.37. The predicted molar refractivity (Wildman–Crippen MR) is 87.7 cm³/mol. The van der Waals surface area contributed by atoms with Gasteiger partial charge in [0.25, 0.3) is 0 Å². The molecule has 0 aliphatic carbocycles. The van der Waals surface area contributed by atoms with Gasteiger partial charge in [0.05, 0.1) is 26.6 Å². The number of aromatic nitrogens is 2. The predicted octanol–water partition coefficient (Wildman–Crippen LogP) is 5.54. The first kappa shape index (κ1) is 14.5. The van der Waals surface area contributed by atoms with Crippen LogP contribution >= 0.6 is 27.5 Å². The van der Waals surface area contributed by atoms with Crippen LogP contribution in [0.3, 0.4) is 0 Å². The summed E-state index contributed by atoms with van der Waals surface area (Å²) in [6.45, 7) is 3.88. The molecule has 0 saturated carbocycles. The topological polar surface area (TPSA) is 17.8 Å². The smallest absolute Gasteiger partial charge is 0.139 e. The maximum absolute atomic E-state index is 13.9. The van der Waals surface area contributed by atoms with Crippen LogP contribution in [0.1, 0.15) is 23.7 Å². The Morgan fingerprint density at radius 2 is 2.00 bits per heavy atom. The van der Waals surface area contributed by atoms with Crippen molar-refractivity contribution in [2.24, 2.45) is 0 Å². The largest absolute Gasteiger partial charge is 0.295 e. The van der Waals surface area contributed by atoms with Gasteiger partial charge in [-0.2, -0.15) is 0 Å². The molecule has 0 N–H and O–H groups in total. The van der Waals surface area contributed by atoms with Crippen molar-refractivity contribution in [1.82, 2.24) is 9.55 Å². The molecule has 2 aromatic carbocycles. The summed E-state index contributed by atoms with van der Waals surface area (Å²) in [4.78, 5) is 4.60. The molecule has 0 bridgehead atoms. The highest BCUT2D eigenvalue weighted by Gasteiger charge is 2.17. The zero-order valence-corrected chi connectivity index (χ0v) is 13.9. The molecule has 0 aliphatic heterocycles. The number of alkyl halides is 1. The van der Waals surface area contributed by atoms with Gasteiger partial charge in [0.1, 0.15) is 11.6 Å². The van der Waals surface area contributed by atoms with Crippen LogP contribution in [-0.2, 0) is 0 Å². The monoisotopic (exact) mass is 366 g/mol. The molecule has 0 aliphatic rings. The molecule has 0 fully saturated rings. The van der Waals surface area contributed by atoms with E-state index in [2.05, 4.69) is 20.9 Å². The molecule has 1 aromatic heterocycles. The van der Waals surface area contributed by atoms with Gasteiger partial charge in [0.2, 0.25) is 0 Å². The number of nitrogens with zero attached hydrogens (tertiary/aromatic N) is 2. The minimum atomic E-state index is -0.311. The van der Waals surface area contributed by atoms with E-state index in [0.717, 1.165) is 16.6 Å². The van der Waals surface area contributed by atoms with E-state index < -0.39 is 0 Å². The highest BCUT2D eigenvalue weighted by atomic mass is 79.9. The highest BCUT2D eigenvalue weighted by Crippen LogP contribution is 2.30. The first-order valence-electron chi connectivity index (χ1n) is 6.56. The first-order chi connectivity index (χ1) is 9.97. The lowest BCUT2D eigenvalue weighted by atomic mass is 10.2. The summed E-state index contributed by atoms with van der Waals surface area (Å²) in [6, 6.07) is 11.0. The molecule has 2 nitrogen and oxygen atoms in total. The molecular formula is C16H13BrClFN2. The average molecular weight is 368 g/mol. The molecule has 5 heteroatoms. The molecule has 0 saturated heterocycles. The van der Waals surface area contributed by atoms with Crippen LogP contribution in [0.5, 0.6) is 0 Å². The Balaban J connectivity index is 2.33. The summed E-state index contributed by atoms with van der Waals surface area (Å²) in [7, 11) is 0. The second-order valence-corrected chi connectivity index (χ2v) is 6.52. The maximum Gasteiger partial charge on any atom is 0.139 e. The van der Waals surface area contributed by atoms with Crippen molar-refractivity contribution in [3.63, 3.8) is 0 Å². The Morgan fingerprint density at radius 1 is 1.24 bits per heavy atom. The molecule has 0 amide bonds. The minimum absolute atomic E-state index is 0.274. The van der Waals surface area contributed by atoms with Crippen LogP contribution in [0.2, 0.25) is 0 Å². The van der Waals surface area contributed by atoms with Gasteiger partial charge in [0.15, 0.2) is 0 Å². The van der Waals surface area contributed by atoms with Gasteiger partial charge in [-0.05, 0) is 65.7 Å². The zero-order valence-electron chi connectivity index (χ0n) is 11.6. The highest BCUT2D eigenvalue weighted by molar-refractivity contribution is 9.10. The number of rotatable bonds is 2. The van der Waals surface area contributed by atoms with Crippen molar-refractivity contribution in [1.29, 1.82) is 0 Å². The van der Waals surface area contributed by atoms with Crippen molar-refractivity contribution in [2.75, 3.05) is 0 Å². The third-order valence-electron chi connectivity index (χ3n) is 3.35. The molecule has 108 valence electrons. The number of benzene rings is 2. The molecule has 21 heavy (non-hydrogen) atoms. The van der Waals surface area contributed by atoms with Gasteiger partial charge < -0.3 is 0 Å². The van der Waals surface area contributed by atoms with Crippen molar-refractivity contribution >= 4 is 38.6 Å². The summed E-state index contributed by atoms with van der Waals surface area (Å²) in [5.41, 5.74) is 3.62. The number of halogens is 3. The fraction of sp³-hybridized carbons (Fsp3) is 0.188. The van der Waals surface area contributed by atoms with E-state index in [4.69, 9.17) is 11.6 Å². The van der Waals surface area contributed by atoms with E-state index in [1.807, 2.05) is 42.7 Å². The van der Waals surface area contributed by atoms with Crippen LogP contribution in [-0.4, -0.2) is 9.55 Å². The molecule has 1 heterocycles. The van der Waals surface area contributed by atoms with Gasteiger partial charge in [-0.15, -0.1) is 11.6 Å². The summed E-state index contributed by atoms with van der Waals surface area (Å²) < 4.78 is 16.2. The lowest BCUT2D eigenvalue weighted by Gasteiger charge is -2.11. The summed E-state index contributed by atoms with van der Waals surface area (Å²) in [5.74, 6) is 0.397. The van der Waals surface area contributed by atoms with Crippen molar-refractivity contribution < 1.29 is 4.39 Å². The summed E-state index contributed by atoms with van der Waals surface area (Å²) in [5, 5.41) is -0.274. The van der Waals surface area contributed by atoms with E-state index in [1.54, 1.807) is 6.07 Å². The standard InChI is InChI=1S/C16H13BrClFN2/c1-9-3-6-15-14(7-9)20-16(10(2)18)21(15)11-4-5-12(17)13(19)8-11/h3-8,10H,1-2H3. The summed E-state index contributed by atoms with van der Waals surface area (Å²) in [6.07, 6.45) is 0. The van der Waals surface area contributed by atoms with E-state index in [1.165, 1.54) is 6.07 Å². The fourth-order valence-corrected chi connectivity index (χ4v) is 2.76. The zero-order chi connectivity index (χ0) is 15.1. The molecule has 1 atom stereocenters. The van der Waals surface area contributed by atoms with E-state index >= 15 is 0 Å². The van der Waals surface area contributed by atoms with Crippen LogP contribution in [0.4, 0.5) is 4.39 Å². The molecule has 1 unspecified atom stereocenters. The Labute approximate surface area is 135 Å². The van der Waals surface area contributed by atoms with Gasteiger partial charge in [0, 0.05) is 0 Å². The Morgan fingerprint density at radius 3 is 2.67 bits per heavy atom. The second kappa shape index (κ2) is 5.43. The van der Waals surface area contributed by atoms with Crippen LogP contribution in [0.25, 0.3) is 16.7 Å². The Kier molecular flexibility index (Phi) is 3.76. The molecular weight excluding hydrogens is 355 g/mol. The SMILES string of the molecule is Cc1ccc2c(c1)nc(C(C)Cl)n2-c1ccc(Br)c(F)c1.